The topological polar surface area (TPSA) is 68.1 Å². The van der Waals surface area contributed by atoms with Crippen molar-refractivity contribution in [2.24, 2.45) is 0 Å². The van der Waals surface area contributed by atoms with Gasteiger partial charge in [0.2, 0.25) is 0 Å². The molecule has 0 spiro atoms. The van der Waals surface area contributed by atoms with Crippen LogP contribution in [0, 0.1) is 6.92 Å². The smallest absolute Gasteiger partial charge is 0.188 e. The highest BCUT2D eigenvalue weighted by Gasteiger charge is 2.23. The van der Waals surface area contributed by atoms with Gasteiger partial charge >= 0.3 is 0 Å². The number of morpholine rings is 1. The fraction of sp³-hybridized carbons (Fsp3) is 0.421. The zero-order valence-corrected chi connectivity index (χ0v) is 16.4. The number of pyridine rings is 1. The quantitative estimate of drug-likeness (QED) is 0.703. The second-order valence-corrected chi connectivity index (χ2v) is 7.52. The van der Waals surface area contributed by atoms with E-state index >= 15 is 0 Å². The normalized spacial score (nSPS) is 17.9. The van der Waals surface area contributed by atoms with E-state index in [-0.39, 0.29) is 6.10 Å². The Morgan fingerprint density at radius 3 is 3.04 bits per heavy atom. The molecule has 0 bridgehead atoms. The molecule has 1 fully saturated rings. The molecule has 1 aliphatic heterocycles. The Labute approximate surface area is 163 Å². The molecule has 0 amide bonds. The van der Waals surface area contributed by atoms with Crippen molar-refractivity contribution in [3.63, 3.8) is 0 Å². The largest absolute Gasteiger partial charge is 0.369 e. The first kappa shape index (κ1) is 18.1. The van der Waals surface area contributed by atoms with Crippen LogP contribution in [0.5, 0.6) is 0 Å². The highest BCUT2D eigenvalue weighted by Crippen LogP contribution is 2.25. The van der Waals surface area contributed by atoms with Crippen LogP contribution in [0.4, 0.5) is 10.9 Å². The average molecular weight is 385 g/mol. The van der Waals surface area contributed by atoms with Gasteiger partial charge in [-0.25, -0.2) is 9.97 Å². The zero-order chi connectivity index (χ0) is 18.6. The molecule has 1 aliphatic rings. The molecule has 0 aromatic carbocycles. The van der Waals surface area contributed by atoms with Crippen LogP contribution in [0.3, 0.4) is 0 Å². The van der Waals surface area contributed by atoms with Crippen molar-refractivity contribution in [1.82, 2.24) is 24.6 Å². The van der Waals surface area contributed by atoms with Crippen molar-refractivity contribution in [3.05, 3.63) is 52.9 Å². The van der Waals surface area contributed by atoms with Crippen molar-refractivity contribution >= 4 is 22.3 Å². The minimum Gasteiger partial charge on any atom is -0.369 e. The zero-order valence-electron chi connectivity index (χ0n) is 15.6. The van der Waals surface area contributed by atoms with Crippen molar-refractivity contribution in [3.8, 4) is 0 Å². The van der Waals surface area contributed by atoms with Gasteiger partial charge in [0.1, 0.15) is 11.9 Å². The van der Waals surface area contributed by atoms with Gasteiger partial charge < -0.3 is 10.1 Å². The van der Waals surface area contributed by atoms with E-state index in [0.717, 1.165) is 48.5 Å². The van der Waals surface area contributed by atoms with Crippen LogP contribution in [0.15, 0.2) is 36.0 Å². The van der Waals surface area contributed by atoms with Gasteiger partial charge in [0.25, 0.3) is 0 Å². The van der Waals surface area contributed by atoms with E-state index in [1.165, 1.54) is 5.56 Å². The number of anilines is 2. The molecule has 1 atom stereocenters. The Hall–Kier alpha value is -2.29. The maximum Gasteiger partial charge on any atom is 0.188 e. The molecule has 0 aliphatic carbocycles. The van der Waals surface area contributed by atoms with Gasteiger partial charge in [0.15, 0.2) is 5.13 Å². The van der Waals surface area contributed by atoms with Gasteiger partial charge in [0, 0.05) is 43.3 Å². The maximum absolute atomic E-state index is 6.00. The van der Waals surface area contributed by atoms with Crippen molar-refractivity contribution < 1.29 is 4.74 Å². The third kappa shape index (κ3) is 4.52. The minimum atomic E-state index is -0.0280. The molecule has 142 valence electrons. The molecule has 4 heterocycles. The van der Waals surface area contributed by atoms with E-state index in [1.807, 2.05) is 41.4 Å². The highest BCUT2D eigenvalue weighted by molar-refractivity contribution is 7.13. The Kier molecular flexibility index (Phi) is 5.47. The molecule has 4 rings (SSSR count). The summed E-state index contributed by atoms with van der Waals surface area (Å²) in [6.45, 7) is 8.32. The summed E-state index contributed by atoms with van der Waals surface area (Å²) in [4.78, 5) is 11.6. The first-order valence-corrected chi connectivity index (χ1v) is 10.1. The fourth-order valence-corrected chi connectivity index (χ4v) is 3.86. The van der Waals surface area contributed by atoms with E-state index in [2.05, 4.69) is 33.4 Å². The molecular formula is C19H24N6OS. The predicted molar refractivity (Wildman–Crippen MR) is 106 cm³/mol. The second-order valence-electron chi connectivity index (χ2n) is 6.67. The first-order valence-electron chi connectivity index (χ1n) is 9.21. The van der Waals surface area contributed by atoms with Crippen LogP contribution in [-0.4, -0.2) is 44.3 Å². The van der Waals surface area contributed by atoms with Crippen LogP contribution in [0.25, 0.3) is 0 Å². The molecule has 0 radical (unpaired) electrons. The van der Waals surface area contributed by atoms with Gasteiger partial charge in [-0.3, -0.25) is 9.58 Å². The van der Waals surface area contributed by atoms with Crippen LogP contribution in [0.2, 0.25) is 0 Å². The van der Waals surface area contributed by atoms with Crippen LogP contribution >= 0.6 is 11.3 Å². The van der Waals surface area contributed by atoms with Gasteiger partial charge in [-0.1, -0.05) is 6.07 Å². The molecule has 1 saturated heterocycles. The van der Waals surface area contributed by atoms with E-state index in [1.54, 1.807) is 11.3 Å². The number of nitrogens with zero attached hydrogens (tertiary/aromatic N) is 5. The molecular weight excluding hydrogens is 360 g/mol. The summed E-state index contributed by atoms with van der Waals surface area (Å²) >= 11 is 1.58. The summed E-state index contributed by atoms with van der Waals surface area (Å²) in [6, 6.07) is 6.00. The molecule has 0 unspecified atom stereocenters. The summed E-state index contributed by atoms with van der Waals surface area (Å²) in [5.41, 5.74) is 3.19. The Morgan fingerprint density at radius 2 is 2.26 bits per heavy atom. The summed E-state index contributed by atoms with van der Waals surface area (Å²) in [7, 11) is 0. The van der Waals surface area contributed by atoms with Crippen LogP contribution < -0.4 is 5.32 Å². The minimum absolute atomic E-state index is 0.0280. The van der Waals surface area contributed by atoms with Gasteiger partial charge in [-0.15, -0.1) is 11.3 Å². The lowest BCUT2D eigenvalue weighted by Gasteiger charge is -2.32. The van der Waals surface area contributed by atoms with Crippen LogP contribution in [-0.2, 0) is 17.8 Å². The Bertz CT molecular complexity index is 892. The number of aryl methyl sites for hydroxylation is 2. The standard InChI is InChI=1S/C19H24N6OS/c1-3-25-11-15(9-20-25)10-24-7-8-26-17(12-24)16-5-4-6-18(22-16)23-19-21-14(2)13-27-19/h4-6,9,11,13,17H,3,7-8,10,12H2,1-2H3,(H,21,22,23)/t17-/m1/s1. The van der Waals surface area contributed by atoms with Crippen molar-refractivity contribution in [1.29, 1.82) is 0 Å². The van der Waals surface area contributed by atoms with E-state index in [4.69, 9.17) is 9.72 Å². The molecule has 27 heavy (non-hydrogen) atoms. The van der Waals surface area contributed by atoms with Gasteiger partial charge in [-0.05, 0) is 26.0 Å². The fourth-order valence-electron chi connectivity index (χ4n) is 3.17. The van der Waals surface area contributed by atoms with Crippen molar-refractivity contribution in [2.75, 3.05) is 25.0 Å². The SMILES string of the molecule is CCn1cc(CN2CCO[C@@H](c3cccc(Nc4nc(C)cs4)n3)C2)cn1. The van der Waals surface area contributed by atoms with E-state index in [9.17, 15) is 0 Å². The molecule has 8 heteroatoms. The number of nitrogens with one attached hydrogen (secondary N) is 1. The third-order valence-corrected chi connectivity index (χ3v) is 5.40. The number of aromatic nitrogens is 4. The molecule has 3 aromatic heterocycles. The molecule has 3 aromatic rings. The number of rotatable bonds is 6. The van der Waals surface area contributed by atoms with E-state index in [0.29, 0.717) is 6.61 Å². The summed E-state index contributed by atoms with van der Waals surface area (Å²) < 4.78 is 7.96. The lowest BCUT2D eigenvalue weighted by Crippen LogP contribution is -2.38. The Morgan fingerprint density at radius 1 is 1.33 bits per heavy atom. The van der Waals surface area contributed by atoms with Gasteiger partial charge in [-0.2, -0.15) is 5.10 Å². The Balaban J connectivity index is 1.42. The lowest BCUT2D eigenvalue weighted by molar-refractivity contribution is -0.0349. The highest BCUT2D eigenvalue weighted by atomic mass is 32.1. The molecule has 0 saturated carbocycles. The number of hydrogen-bond donors (Lipinski definition) is 1. The first-order chi connectivity index (χ1) is 13.2. The average Bonchev–Trinajstić information content (AvgIpc) is 3.31. The number of ether oxygens (including phenoxy) is 1. The summed E-state index contributed by atoms with van der Waals surface area (Å²) in [5.74, 6) is 0.798. The summed E-state index contributed by atoms with van der Waals surface area (Å²) in [5, 5.41) is 10.5. The summed E-state index contributed by atoms with van der Waals surface area (Å²) in [6.07, 6.45) is 4.04. The van der Waals surface area contributed by atoms with E-state index < -0.39 is 0 Å². The maximum atomic E-state index is 6.00. The monoisotopic (exact) mass is 384 g/mol. The van der Waals surface area contributed by atoms with Gasteiger partial charge in [0.05, 0.1) is 24.2 Å². The number of thiazole rings is 1. The molecule has 1 N–H and O–H groups in total. The second kappa shape index (κ2) is 8.16. The predicted octanol–water partition coefficient (Wildman–Crippen LogP) is 3.38. The number of hydrogen-bond acceptors (Lipinski definition) is 7. The van der Waals surface area contributed by atoms with Crippen molar-refractivity contribution in [2.45, 2.75) is 33.0 Å². The third-order valence-electron chi connectivity index (χ3n) is 4.52. The molecule has 7 nitrogen and oxygen atoms in total. The lowest BCUT2D eigenvalue weighted by atomic mass is 10.1. The van der Waals surface area contributed by atoms with Crippen LogP contribution in [0.1, 0.15) is 30.0 Å².